The van der Waals surface area contributed by atoms with E-state index in [1.807, 2.05) is 24.3 Å². The predicted octanol–water partition coefficient (Wildman–Crippen LogP) is -0.857. The minimum atomic E-state index is -1.79. The van der Waals surface area contributed by atoms with Crippen LogP contribution in [0.15, 0.2) is 40.8 Å². The first-order valence-corrected chi connectivity index (χ1v) is 8.75. The number of aldehydes is 1. The molecule has 0 bridgehead atoms. The first-order chi connectivity index (χ1) is 13.9. The number of benzene rings is 1. The molecular weight excluding hydrogens is 382 g/mol. The highest BCUT2D eigenvalue weighted by molar-refractivity contribution is 5.96. The van der Waals surface area contributed by atoms with Crippen molar-refractivity contribution < 1.29 is 33.8 Å². The third-order valence-electron chi connectivity index (χ3n) is 4.72. The van der Waals surface area contributed by atoms with E-state index in [2.05, 4.69) is 15.0 Å². The van der Waals surface area contributed by atoms with Crippen LogP contribution in [0.4, 0.5) is 4.79 Å². The predicted molar refractivity (Wildman–Crippen MR) is 97.5 cm³/mol. The summed E-state index contributed by atoms with van der Waals surface area (Å²) in [6, 6.07) is 5.66. The van der Waals surface area contributed by atoms with Crippen molar-refractivity contribution in [2.45, 2.75) is 12.5 Å². The number of carboxylic acids is 1. The third-order valence-corrected chi connectivity index (χ3v) is 4.72. The third kappa shape index (κ3) is 3.68. The van der Waals surface area contributed by atoms with Crippen molar-refractivity contribution in [2.24, 2.45) is 10.9 Å². The molecule has 2 atom stereocenters. The summed E-state index contributed by atoms with van der Waals surface area (Å²) < 4.78 is 9.80. The maximum atomic E-state index is 12.6. The summed E-state index contributed by atoms with van der Waals surface area (Å²) in [5, 5.41) is 14.0. The van der Waals surface area contributed by atoms with E-state index in [1.54, 1.807) is 0 Å². The van der Waals surface area contributed by atoms with Gasteiger partial charge in [0.25, 0.3) is 0 Å². The molecule has 10 heteroatoms. The molecule has 29 heavy (non-hydrogen) atoms. The van der Waals surface area contributed by atoms with Crippen molar-refractivity contribution in [1.29, 1.82) is 0 Å². The van der Waals surface area contributed by atoms with Crippen LogP contribution in [-0.2, 0) is 23.9 Å². The summed E-state index contributed by atoms with van der Waals surface area (Å²) in [6.07, 6.45) is -0.205. The zero-order chi connectivity index (χ0) is 21.1. The molecule has 1 aromatic rings. The molecule has 0 saturated heterocycles. The smallest absolute Gasteiger partial charge is 0.410 e. The van der Waals surface area contributed by atoms with Gasteiger partial charge in [0.15, 0.2) is 6.04 Å². The molecule has 10 nitrogen and oxygen atoms in total. The number of nitrogens with zero attached hydrogens (tertiary/aromatic N) is 2. The van der Waals surface area contributed by atoms with Crippen LogP contribution in [0.2, 0.25) is 0 Å². The lowest BCUT2D eigenvalue weighted by Gasteiger charge is -2.27. The molecule has 2 aliphatic heterocycles. The molecule has 1 aromatic carbocycles. The number of hydrogen-bond donors (Lipinski definition) is 2. The first kappa shape index (κ1) is 20.1. The Balaban J connectivity index is 1.92. The molecule has 0 spiro atoms. The van der Waals surface area contributed by atoms with Crippen LogP contribution in [0.25, 0.3) is 5.57 Å². The molecule has 0 fully saturated rings. The second kappa shape index (κ2) is 8.13. The number of esters is 1. The van der Waals surface area contributed by atoms with Gasteiger partial charge in [-0.15, -0.1) is 0 Å². The molecule has 2 aliphatic rings. The van der Waals surface area contributed by atoms with Crippen molar-refractivity contribution in [3.8, 4) is 0 Å². The Hall–Kier alpha value is -3.69. The summed E-state index contributed by atoms with van der Waals surface area (Å²) >= 11 is 0. The van der Waals surface area contributed by atoms with E-state index >= 15 is 0 Å². The normalized spacial score (nSPS) is 16.4. The monoisotopic (exact) mass is 401 g/mol. The quantitative estimate of drug-likeness (QED) is 0.357. The highest BCUT2D eigenvalue weighted by atomic mass is 16.6. The van der Waals surface area contributed by atoms with Gasteiger partial charge in [-0.1, -0.05) is 18.2 Å². The topological polar surface area (TPSA) is 135 Å². The molecule has 1 amide bonds. The fourth-order valence-corrected chi connectivity index (χ4v) is 3.30. The highest BCUT2D eigenvalue weighted by Crippen LogP contribution is 2.26. The number of nitrogens with one attached hydrogen (secondary N) is 1. The average molecular weight is 401 g/mol. The molecule has 0 radical (unpaired) electrons. The van der Waals surface area contributed by atoms with Gasteiger partial charge in [0.1, 0.15) is 17.9 Å². The Kier molecular flexibility index (Phi) is 5.62. The minimum Gasteiger partial charge on any atom is -0.480 e. The van der Waals surface area contributed by atoms with Gasteiger partial charge in [-0.05, 0) is 18.1 Å². The van der Waals surface area contributed by atoms with Crippen molar-refractivity contribution >= 4 is 29.9 Å². The Morgan fingerprint density at radius 3 is 2.69 bits per heavy atom. The van der Waals surface area contributed by atoms with Crippen LogP contribution in [0.1, 0.15) is 6.42 Å². The lowest BCUT2D eigenvalue weighted by molar-refractivity contribution is -0.157. The molecule has 3 rings (SSSR count). The largest absolute Gasteiger partial charge is 0.480 e. The number of ether oxygens (including phenoxy) is 2. The number of allylic oxidation sites excluding steroid dienone is 1. The Morgan fingerprint density at radius 2 is 2.03 bits per heavy atom. The van der Waals surface area contributed by atoms with Gasteiger partial charge in [-0.25, -0.2) is 14.6 Å². The zero-order valence-corrected chi connectivity index (χ0v) is 15.7. The number of carboxylic acid groups (broad SMARTS) is 1. The van der Waals surface area contributed by atoms with Gasteiger partial charge in [-0.3, -0.25) is 9.69 Å². The lowest BCUT2D eigenvalue weighted by Crippen LogP contribution is -2.50. The van der Waals surface area contributed by atoms with E-state index in [0.717, 1.165) is 30.3 Å². The summed E-state index contributed by atoms with van der Waals surface area (Å²) in [5.41, 5.74) is 1.33. The van der Waals surface area contributed by atoms with Crippen LogP contribution >= 0.6 is 0 Å². The lowest BCUT2D eigenvalue weighted by atomic mass is 10.0. The first-order valence-electron chi connectivity index (χ1n) is 8.75. The minimum absolute atomic E-state index is 0.0455. The molecule has 2 N–H and O–H groups in total. The van der Waals surface area contributed by atoms with Gasteiger partial charge < -0.3 is 24.7 Å². The number of amides is 1. The molecule has 0 aromatic heterocycles. The molecule has 0 saturated carbocycles. The SMILES string of the molecule is COC(=O)N(C)[C@H](C(=O)O)C(C=O)C(=O)OC1=C2N=c3ccccc3=C2CCN1. The van der Waals surface area contributed by atoms with Crippen LogP contribution in [0, 0.1) is 5.92 Å². The summed E-state index contributed by atoms with van der Waals surface area (Å²) in [5.74, 6) is -4.39. The Morgan fingerprint density at radius 1 is 1.31 bits per heavy atom. The Bertz CT molecular complexity index is 1030. The summed E-state index contributed by atoms with van der Waals surface area (Å²) in [4.78, 5) is 52.6. The van der Waals surface area contributed by atoms with Gasteiger partial charge in [-0.2, -0.15) is 0 Å². The van der Waals surface area contributed by atoms with Crippen molar-refractivity contribution in [1.82, 2.24) is 10.2 Å². The number of hydrogen-bond acceptors (Lipinski definition) is 8. The van der Waals surface area contributed by atoms with Crippen molar-refractivity contribution in [3.05, 3.63) is 46.4 Å². The van der Waals surface area contributed by atoms with Crippen molar-refractivity contribution in [3.63, 3.8) is 0 Å². The number of aliphatic carboxylic acids is 1. The average Bonchev–Trinajstić information content (AvgIpc) is 3.10. The molecule has 1 unspecified atom stereocenters. The van der Waals surface area contributed by atoms with Crippen LogP contribution in [0.3, 0.4) is 0 Å². The van der Waals surface area contributed by atoms with E-state index in [-0.39, 0.29) is 12.2 Å². The van der Waals surface area contributed by atoms with E-state index in [1.165, 1.54) is 0 Å². The maximum absolute atomic E-state index is 12.6. The van der Waals surface area contributed by atoms with Gasteiger partial charge >= 0.3 is 18.0 Å². The number of carbonyl (C=O) groups is 4. The molecule has 152 valence electrons. The number of carbonyl (C=O) groups excluding carboxylic acids is 3. The molecule has 2 heterocycles. The summed E-state index contributed by atoms with van der Waals surface area (Å²) in [7, 11) is 2.17. The fourth-order valence-electron chi connectivity index (χ4n) is 3.30. The number of likely N-dealkylation sites (N-methyl/N-ethyl adjacent to an activating group) is 1. The number of methoxy groups -OCH3 is 1. The fraction of sp³-hybridized carbons (Fsp3) is 0.316. The van der Waals surface area contributed by atoms with E-state index < -0.39 is 30.0 Å². The maximum Gasteiger partial charge on any atom is 0.410 e. The highest BCUT2D eigenvalue weighted by Gasteiger charge is 2.41. The van der Waals surface area contributed by atoms with Gasteiger partial charge in [0.2, 0.25) is 5.88 Å². The number of para-hydroxylation sites is 1. The van der Waals surface area contributed by atoms with E-state index in [4.69, 9.17) is 4.74 Å². The van der Waals surface area contributed by atoms with Gasteiger partial charge in [0, 0.05) is 18.8 Å². The van der Waals surface area contributed by atoms with Crippen molar-refractivity contribution in [2.75, 3.05) is 20.7 Å². The van der Waals surface area contributed by atoms with Gasteiger partial charge in [0.05, 0.1) is 12.5 Å². The second-order valence-electron chi connectivity index (χ2n) is 6.41. The second-order valence-corrected chi connectivity index (χ2v) is 6.41. The van der Waals surface area contributed by atoms with Crippen LogP contribution in [-0.4, -0.2) is 61.1 Å². The van der Waals surface area contributed by atoms with Crippen LogP contribution in [0.5, 0.6) is 0 Å². The number of fused-ring (bicyclic) bond motifs is 2. The standard InChI is InChI=1S/C19H19N3O7/c1-22(19(27)28-2)15(17(24)25)12(9-23)18(26)29-16-14-11(7-8-20-16)10-5-3-4-6-13(10)21-14/h3-6,9,12,15,20H,7-8H2,1-2H3,(H,24,25)/t12?,15-/m0/s1. The Labute approximate surface area is 165 Å². The van der Waals surface area contributed by atoms with E-state index in [0.29, 0.717) is 23.6 Å². The molecule has 0 aliphatic carbocycles. The molecular formula is C19H19N3O7. The van der Waals surface area contributed by atoms with E-state index in [9.17, 15) is 24.3 Å². The van der Waals surface area contributed by atoms with Crippen LogP contribution < -0.4 is 15.9 Å². The summed E-state index contributed by atoms with van der Waals surface area (Å²) in [6.45, 7) is 0.474. The zero-order valence-electron chi connectivity index (χ0n) is 15.7. The number of rotatable bonds is 6.